The molecule has 3 atom stereocenters. The lowest BCUT2D eigenvalue weighted by molar-refractivity contribution is -0.150. The van der Waals surface area contributed by atoms with Gasteiger partial charge in [0.2, 0.25) is 11.7 Å². The number of thioether (sulfide) groups is 2. The SMILES string of the molecule is Cn1c(SCC2=C(C(=O)O)N3C(=O)C(NC(=O)C(N)c4ccc(O)cc4)[C@@H]3SC2)nnc1C(N)=O. The first kappa shape index (κ1) is 24.6. The number of fused-ring (bicyclic) bond motifs is 1. The number of carboxylic acids is 1. The number of phenolic OH excluding ortho intramolecular Hbond substituents is 1. The number of hydrogen-bond acceptors (Lipinski definition) is 10. The molecule has 2 aliphatic rings. The summed E-state index contributed by atoms with van der Waals surface area (Å²) in [4.78, 5) is 50.0. The van der Waals surface area contributed by atoms with Gasteiger partial charge in [-0.25, -0.2) is 4.79 Å². The maximum Gasteiger partial charge on any atom is 0.352 e. The molecule has 4 rings (SSSR count). The molecule has 0 bridgehead atoms. The Hall–Kier alpha value is -3.56. The lowest BCUT2D eigenvalue weighted by Crippen LogP contribution is -2.71. The van der Waals surface area contributed by atoms with Crippen LogP contribution in [0.4, 0.5) is 0 Å². The first-order valence-corrected chi connectivity index (χ1v) is 12.2. The number of hydrogen-bond donors (Lipinski definition) is 5. The average molecular weight is 520 g/mol. The Morgan fingerprint density at radius 1 is 1.29 bits per heavy atom. The molecule has 13 nitrogen and oxygen atoms in total. The minimum absolute atomic E-state index is 0.0271. The number of carbonyl (C=O) groups is 4. The van der Waals surface area contributed by atoms with Gasteiger partial charge in [-0.1, -0.05) is 23.9 Å². The van der Waals surface area contributed by atoms with Crippen LogP contribution in [-0.4, -0.2) is 76.5 Å². The molecule has 3 amide bonds. The number of aromatic hydroxyl groups is 1. The maximum absolute atomic E-state index is 12.8. The van der Waals surface area contributed by atoms with E-state index in [0.717, 1.165) is 16.7 Å². The van der Waals surface area contributed by atoms with E-state index in [4.69, 9.17) is 11.5 Å². The summed E-state index contributed by atoms with van der Waals surface area (Å²) in [7, 11) is 1.57. The highest BCUT2D eigenvalue weighted by atomic mass is 32.2. The Bertz CT molecular complexity index is 1250. The molecule has 1 aromatic carbocycles. The third-order valence-electron chi connectivity index (χ3n) is 5.51. The lowest BCUT2D eigenvalue weighted by Gasteiger charge is -2.49. The molecule has 35 heavy (non-hydrogen) atoms. The van der Waals surface area contributed by atoms with E-state index in [2.05, 4.69) is 15.5 Å². The van der Waals surface area contributed by atoms with Crippen molar-refractivity contribution < 1.29 is 29.4 Å². The van der Waals surface area contributed by atoms with Crippen LogP contribution in [0.5, 0.6) is 5.75 Å². The molecule has 0 spiro atoms. The van der Waals surface area contributed by atoms with E-state index in [-0.39, 0.29) is 23.0 Å². The van der Waals surface area contributed by atoms with Crippen molar-refractivity contribution in [2.45, 2.75) is 22.6 Å². The van der Waals surface area contributed by atoms with Gasteiger partial charge >= 0.3 is 5.97 Å². The predicted octanol–water partition coefficient (Wildman–Crippen LogP) is -0.850. The van der Waals surface area contributed by atoms with Gasteiger partial charge in [0, 0.05) is 18.6 Å². The number of carbonyl (C=O) groups excluding carboxylic acids is 3. The highest BCUT2D eigenvalue weighted by Crippen LogP contribution is 2.41. The van der Waals surface area contributed by atoms with Gasteiger partial charge in [-0.2, -0.15) is 0 Å². The zero-order valence-electron chi connectivity index (χ0n) is 18.2. The number of rotatable bonds is 8. The smallest absolute Gasteiger partial charge is 0.352 e. The number of nitrogens with two attached hydrogens (primary N) is 2. The molecular weight excluding hydrogens is 498 g/mol. The number of phenols is 1. The monoisotopic (exact) mass is 519 g/mol. The second-order valence-corrected chi connectivity index (χ2v) is 9.79. The van der Waals surface area contributed by atoms with Crippen LogP contribution < -0.4 is 16.8 Å². The second-order valence-electron chi connectivity index (χ2n) is 7.74. The first-order chi connectivity index (χ1) is 16.6. The molecule has 7 N–H and O–H groups in total. The molecule has 15 heteroatoms. The van der Waals surface area contributed by atoms with Crippen molar-refractivity contribution in [2.75, 3.05) is 11.5 Å². The number of primary amides is 1. The first-order valence-electron chi connectivity index (χ1n) is 10.2. The quantitative estimate of drug-likeness (QED) is 0.214. The zero-order valence-corrected chi connectivity index (χ0v) is 19.9. The third-order valence-corrected chi connectivity index (χ3v) is 7.96. The summed E-state index contributed by atoms with van der Waals surface area (Å²) in [5, 5.41) is 29.2. The van der Waals surface area contributed by atoms with E-state index in [1.807, 2.05) is 0 Å². The summed E-state index contributed by atoms with van der Waals surface area (Å²) in [6, 6.07) is 3.81. The third kappa shape index (κ3) is 4.56. The fraction of sp³-hybridized carbons (Fsp3) is 0.300. The van der Waals surface area contributed by atoms with E-state index in [1.165, 1.54) is 40.6 Å². The molecule has 0 saturated carbocycles. The van der Waals surface area contributed by atoms with Crippen LogP contribution in [0, 0.1) is 0 Å². The molecule has 184 valence electrons. The Labute approximate surface area is 206 Å². The van der Waals surface area contributed by atoms with E-state index < -0.39 is 41.1 Å². The molecular formula is C20H21N7O6S2. The summed E-state index contributed by atoms with van der Waals surface area (Å²) < 4.78 is 1.41. The van der Waals surface area contributed by atoms with Crippen molar-refractivity contribution in [2.24, 2.45) is 18.5 Å². The maximum atomic E-state index is 12.8. The van der Waals surface area contributed by atoms with Crippen LogP contribution in [-0.2, 0) is 21.4 Å². The molecule has 2 aliphatic heterocycles. The number of aliphatic carboxylic acids is 1. The van der Waals surface area contributed by atoms with Gasteiger partial charge < -0.3 is 31.6 Å². The van der Waals surface area contributed by atoms with Crippen molar-refractivity contribution >= 4 is 47.2 Å². The molecule has 0 radical (unpaired) electrons. The van der Waals surface area contributed by atoms with Gasteiger partial charge in [0.1, 0.15) is 28.9 Å². The number of carboxylic acid groups (broad SMARTS) is 1. The van der Waals surface area contributed by atoms with E-state index in [1.54, 1.807) is 7.05 Å². The van der Waals surface area contributed by atoms with Crippen molar-refractivity contribution in [3.05, 3.63) is 46.9 Å². The number of nitrogens with zero attached hydrogens (tertiary/aromatic N) is 4. The molecule has 0 aliphatic carbocycles. The largest absolute Gasteiger partial charge is 0.508 e. The minimum atomic E-state index is -1.26. The van der Waals surface area contributed by atoms with Crippen LogP contribution in [0.25, 0.3) is 0 Å². The Morgan fingerprint density at radius 2 is 1.97 bits per heavy atom. The Morgan fingerprint density at radius 3 is 2.57 bits per heavy atom. The van der Waals surface area contributed by atoms with Crippen molar-refractivity contribution in [1.82, 2.24) is 25.0 Å². The second kappa shape index (κ2) is 9.59. The lowest BCUT2D eigenvalue weighted by atomic mass is 10.0. The molecule has 2 unspecified atom stereocenters. The number of nitrogens with one attached hydrogen (secondary N) is 1. The number of β-lactam (4-membered cyclic amide) rings is 1. The van der Waals surface area contributed by atoms with Crippen LogP contribution in [0.1, 0.15) is 22.2 Å². The fourth-order valence-electron chi connectivity index (χ4n) is 3.68. The summed E-state index contributed by atoms with van der Waals surface area (Å²) in [5.41, 5.74) is 12.0. The van der Waals surface area contributed by atoms with Crippen LogP contribution >= 0.6 is 23.5 Å². The summed E-state index contributed by atoms with van der Waals surface area (Å²) >= 11 is 2.48. The van der Waals surface area contributed by atoms with Gasteiger partial charge in [0.25, 0.3) is 11.8 Å². The van der Waals surface area contributed by atoms with E-state index in [0.29, 0.717) is 22.0 Å². The van der Waals surface area contributed by atoms with Crippen molar-refractivity contribution in [1.29, 1.82) is 0 Å². The number of amides is 3. The fourth-order valence-corrected chi connectivity index (χ4v) is 6.07. The summed E-state index contributed by atoms with van der Waals surface area (Å²) in [5.74, 6) is -2.65. The highest BCUT2D eigenvalue weighted by molar-refractivity contribution is 8.01. The van der Waals surface area contributed by atoms with E-state index in [9.17, 15) is 29.4 Å². The number of benzene rings is 1. The van der Waals surface area contributed by atoms with Gasteiger partial charge in [-0.3, -0.25) is 19.3 Å². The van der Waals surface area contributed by atoms with Gasteiger partial charge in [-0.05, 0) is 23.3 Å². The molecule has 1 saturated heterocycles. The van der Waals surface area contributed by atoms with Gasteiger partial charge in [0.15, 0.2) is 5.16 Å². The minimum Gasteiger partial charge on any atom is -0.508 e. The van der Waals surface area contributed by atoms with Crippen LogP contribution in [0.2, 0.25) is 0 Å². The molecule has 2 aromatic rings. The Kier molecular flexibility index (Phi) is 6.73. The summed E-state index contributed by atoms with van der Waals surface area (Å²) in [6.45, 7) is 0. The average Bonchev–Trinajstić information content (AvgIpc) is 3.20. The van der Waals surface area contributed by atoms with Crippen molar-refractivity contribution in [3.63, 3.8) is 0 Å². The molecule has 1 aromatic heterocycles. The summed E-state index contributed by atoms with van der Waals surface area (Å²) in [6.07, 6.45) is 0. The zero-order chi connectivity index (χ0) is 25.4. The van der Waals surface area contributed by atoms with Crippen molar-refractivity contribution in [3.8, 4) is 5.75 Å². The highest BCUT2D eigenvalue weighted by Gasteiger charge is 2.54. The van der Waals surface area contributed by atoms with Gasteiger partial charge in [-0.15, -0.1) is 22.0 Å². The van der Waals surface area contributed by atoms with E-state index >= 15 is 0 Å². The predicted molar refractivity (Wildman–Crippen MR) is 125 cm³/mol. The van der Waals surface area contributed by atoms with Crippen LogP contribution in [0.3, 0.4) is 0 Å². The topological polar surface area (TPSA) is 207 Å². The van der Waals surface area contributed by atoms with Crippen LogP contribution in [0.15, 0.2) is 40.7 Å². The standard InChI is InChI=1S/C20H21N7O6S2/c1-26-15(14(22)29)24-25-20(26)35-7-9-6-34-18-12(17(31)27(18)13(9)19(32)33)23-16(30)11(21)8-2-4-10(28)5-3-8/h2-5,11-12,18,28H,6-7,21H2,1H3,(H2,22,29)(H,23,30)(H,32,33)/t11?,12?,18-/m0/s1. The molecule has 3 heterocycles. The molecule has 1 fully saturated rings. The Balaban J connectivity index is 1.46. The van der Waals surface area contributed by atoms with Gasteiger partial charge in [0.05, 0.1) is 0 Å². The normalized spacial score (nSPS) is 20.2. The number of aromatic nitrogens is 3.